The molecule has 1 N–H and O–H groups in total. The Kier molecular flexibility index (Phi) is 6.10. The molecule has 0 bridgehead atoms. The first-order chi connectivity index (χ1) is 9.51. The van der Waals surface area contributed by atoms with Crippen molar-refractivity contribution >= 4 is 17.6 Å². The normalized spacial score (nSPS) is 11.9. The predicted octanol–water partition coefficient (Wildman–Crippen LogP) is 2.52. The van der Waals surface area contributed by atoms with E-state index >= 15 is 0 Å². The molecule has 20 heavy (non-hydrogen) atoms. The summed E-state index contributed by atoms with van der Waals surface area (Å²) in [5.41, 5.74) is 0.999. The lowest BCUT2D eigenvalue weighted by atomic mass is 9.99. The van der Waals surface area contributed by atoms with Crippen LogP contribution < -0.4 is 9.47 Å². The van der Waals surface area contributed by atoms with E-state index in [2.05, 4.69) is 0 Å². The van der Waals surface area contributed by atoms with Crippen LogP contribution in [-0.2, 0) is 16.0 Å². The van der Waals surface area contributed by atoms with Crippen molar-refractivity contribution in [1.82, 2.24) is 0 Å². The molecule has 1 aromatic carbocycles. The van der Waals surface area contributed by atoms with Crippen LogP contribution in [0, 0.1) is 0 Å². The van der Waals surface area contributed by atoms with Crippen molar-refractivity contribution in [2.45, 2.75) is 26.4 Å². The highest BCUT2D eigenvalue weighted by atomic mass is 35.5. The third-order valence-electron chi connectivity index (χ3n) is 2.91. The second-order valence-electron chi connectivity index (χ2n) is 4.00. The van der Waals surface area contributed by atoms with E-state index in [9.17, 15) is 9.90 Å². The Hall–Kier alpha value is -1.46. The average molecular weight is 303 g/mol. The van der Waals surface area contributed by atoms with Crippen molar-refractivity contribution in [1.29, 1.82) is 0 Å². The average Bonchev–Trinajstić information content (AvgIpc) is 2.45. The molecule has 0 spiro atoms. The van der Waals surface area contributed by atoms with Gasteiger partial charge in [0.2, 0.25) is 0 Å². The van der Waals surface area contributed by atoms with Crippen molar-refractivity contribution in [2.24, 2.45) is 0 Å². The van der Waals surface area contributed by atoms with Crippen LogP contribution >= 0.6 is 11.6 Å². The Bertz CT molecular complexity index is 487. The van der Waals surface area contributed by atoms with Gasteiger partial charge >= 0.3 is 5.97 Å². The molecule has 1 aromatic rings. The minimum absolute atomic E-state index is 0.193. The summed E-state index contributed by atoms with van der Waals surface area (Å²) in [7, 11) is 2.94. The van der Waals surface area contributed by atoms with Crippen LogP contribution in [0.2, 0.25) is 5.02 Å². The highest BCUT2D eigenvalue weighted by Crippen LogP contribution is 2.41. The molecule has 1 unspecified atom stereocenters. The van der Waals surface area contributed by atoms with Crippen LogP contribution in [-0.4, -0.2) is 31.9 Å². The van der Waals surface area contributed by atoms with E-state index in [-0.39, 0.29) is 6.61 Å². The van der Waals surface area contributed by atoms with Gasteiger partial charge in [-0.15, -0.1) is 0 Å². The zero-order chi connectivity index (χ0) is 15.3. The van der Waals surface area contributed by atoms with Gasteiger partial charge in [0.15, 0.2) is 17.6 Å². The highest BCUT2D eigenvalue weighted by molar-refractivity contribution is 6.33. The van der Waals surface area contributed by atoms with Crippen LogP contribution in [0.3, 0.4) is 0 Å². The van der Waals surface area contributed by atoms with Crippen LogP contribution in [0.4, 0.5) is 0 Å². The van der Waals surface area contributed by atoms with E-state index < -0.39 is 12.1 Å². The molecule has 0 aliphatic rings. The molecule has 6 heteroatoms. The standard InChI is InChI=1S/C14H19ClO5/c1-5-8-9(12(16)14(17)20-6-2)7-10(18-3)13(19-4)11(8)15/h7,12,16H,5-6H2,1-4H3. The minimum Gasteiger partial charge on any atom is -0.493 e. The SMILES string of the molecule is CCOC(=O)C(O)c1cc(OC)c(OC)c(Cl)c1CC. The van der Waals surface area contributed by atoms with Gasteiger partial charge in [0, 0.05) is 5.56 Å². The Labute approximate surface area is 123 Å². The number of aliphatic hydroxyl groups excluding tert-OH is 1. The molecule has 0 saturated heterocycles. The second kappa shape index (κ2) is 7.36. The quantitative estimate of drug-likeness (QED) is 0.818. The summed E-state index contributed by atoms with van der Waals surface area (Å²) in [4.78, 5) is 11.7. The van der Waals surface area contributed by atoms with E-state index in [1.165, 1.54) is 14.2 Å². The monoisotopic (exact) mass is 302 g/mol. The van der Waals surface area contributed by atoms with Gasteiger partial charge in [-0.05, 0) is 25.0 Å². The maximum absolute atomic E-state index is 11.7. The van der Waals surface area contributed by atoms with E-state index in [1.54, 1.807) is 13.0 Å². The van der Waals surface area contributed by atoms with Gasteiger partial charge in [-0.2, -0.15) is 0 Å². The maximum atomic E-state index is 11.7. The second-order valence-corrected chi connectivity index (χ2v) is 4.38. The van der Waals surface area contributed by atoms with Crippen molar-refractivity contribution in [3.05, 3.63) is 22.2 Å². The van der Waals surface area contributed by atoms with Gasteiger partial charge in [-0.25, -0.2) is 4.79 Å². The van der Waals surface area contributed by atoms with Crippen LogP contribution in [0.25, 0.3) is 0 Å². The Morgan fingerprint density at radius 1 is 1.35 bits per heavy atom. The largest absolute Gasteiger partial charge is 0.493 e. The van der Waals surface area contributed by atoms with E-state index in [1.807, 2.05) is 6.92 Å². The number of rotatable bonds is 6. The molecule has 0 heterocycles. The summed E-state index contributed by atoms with van der Waals surface area (Å²) >= 11 is 6.26. The van der Waals surface area contributed by atoms with Crippen molar-refractivity contribution in [2.75, 3.05) is 20.8 Å². The number of aliphatic hydroxyl groups is 1. The topological polar surface area (TPSA) is 65.0 Å². The number of halogens is 1. The van der Waals surface area contributed by atoms with Crippen molar-refractivity contribution in [3.8, 4) is 11.5 Å². The summed E-state index contributed by atoms with van der Waals surface area (Å²) in [5.74, 6) is 0.0179. The zero-order valence-electron chi connectivity index (χ0n) is 12.0. The summed E-state index contributed by atoms with van der Waals surface area (Å²) in [6, 6.07) is 1.55. The van der Waals surface area contributed by atoms with Gasteiger partial charge in [0.25, 0.3) is 0 Å². The number of benzene rings is 1. The molecule has 112 valence electrons. The Morgan fingerprint density at radius 2 is 2.00 bits per heavy atom. The van der Waals surface area contributed by atoms with E-state index in [4.69, 9.17) is 25.8 Å². The fourth-order valence-electron chi connectivity index (χ4n) is 1.96. The lowest BCUT2D eigenvalue weighted by Crippen LogP contribution is -2.17. The number of carbonyl (C=O) groups is 1. The van der Waals surface area contributed by atoms with Crippen molar-refractivity contribution in [3.63, 3.8) is 0 Å². The number of methoxy groups -OCH3 is 2. The van der Waals surface area contributed by atoms with E-state index in [0.29, 0.717) is 34.1 Å². The fourth-order valence-corrected chi connectivity index (χ4v) is 2.37. The lowest BCUT2D eigenvalue weighted by Gasteiger charge is -2.19. The van der Waals surface area contributed by atoms with Crippen molar-refractivity contribution < 1.29 is 24.1 Å². The smallest absolute Gasteiger partial charge is 0.339 e. The molecule has 0 radical (unpaired) electrons. The molecule has 1 rings (SSSR count). The summed E-state index contributed by atoms with van der Waals surface area (Å²) in [6.07, 6.45) is -0.868. The Balaban J connectivity index is 3.38. The number of carbonyl (C=O) groups excluding carboxylic acids is 1. The lowest BCUT2D eigenvalue weighted by molar-refractivity contribution is -0.153. The first-order valence-electron chi connectivity index (χ1n) is 6.29. The highest BCUT2D eigenvalue weighted by Gasteiger charge is 2.26. The molecule has 0 saturated carbocycles. The van der Waals surface area contributed by atoms with Gasteiger partial charge in [0.1, 0.15) is 0 Å². The molecular formula is C14H19ClO5. The minimum atomic E-state index is -1.40. The maximum Gasteiger partial charge on any atom is 0.339 e. The van der Waals surface area contributed by atoms with Crippen LogP contribution in [0.1, 0.15) is 31.1 Å². The zero-order valence-corrected chi connectivity index (χ0v) is 12.8. The summed E-state index contributed by atoms with van der Waals surface area (Å²) < 4.78 is 15.2. The summed E-state index contributed by atoms with van der Waals surface area (Å²) in [6.45, 7) is 3.74. The molecule has 1 atom stereocenters. The first-order valence-corrected chi connectivity index (χ1v) is 6.67. The Morgan fingerprint density at radius 3 is 2.45 bits per heavy atom. The third-order valence-corrected chi connectivity index (χ3v) is 3.30. The third kappa shape index (κ3) is 3.16. The molecule has 0 fully saturated rings. The predicted molar refractivity (Wildman–Crippen MR) is 75.5 cm³/mol. The number of esters is 1. The van der Waals surface area contributed by atoms with Gasteiger partial charge in [-0.3, -0.25) is 0 Å². The number of ether oxygens (including phenoxy) is 3. The number of hydrogen-bond acceptors (Lipinski definition) is 5. The molecule has 0 aromatic heterocycles. The van der Waals surface area contributed by atoms with Gasteiger partial charge in [-0.1, -0.05) is 18.5 Å². The molecule has 0 amide bonds. The van der Waals surface area contributed by atoms with Gasteiger partial charge in [0.05, 0.1) is 25.8 Å². The van der Waals surface area contributed by atoms with Crippen LogP contribution in [0.15, 0.2) is 6.07 Å². The molecular weight excluding hydrogens is 284 g/mol. The van der Waals surface area contributed by atoms with Gasteiger partial charge < -0.3 is 19.3 Å². The molecule has 0 aliphatic carbocycles. The fraction of sp³-hybridized carbons (Fsp3) is 0.500. The van der Waals surface area contributed by atoms with E-state index in [0.717, 1.165) is 0 Å². The summed E-state index contributed by atoms with van der Waals surface area (Å²) in [5, 5.41) is 10.4. The number of hydrogen-bond donors (Lipinski definition) is 1. The van der Waals surface area contributed by atoms with Crippen LogP contribution in [0.5, 0.6) is 11.5 Å². The first kappa shape index (κ1) is 16.6. The molecule has 5 nitrogen and oxygen atoms in total. The molecule has 0 aliphatic heterocycles.